The van der Waals surface area contributed by atoms with Crippen molar-refractivity contribution in [3.05, 3.63) is 0 Å². The van der Waals surface area contributed by atoms with Gasteiger partial charge in [0.25, 0.3) is 0 Å². The predicted octanol–water partition coefficient (Wildman–Crippen LogP) is 5.41. The summed E-state index contributed by atoms with van der Waals surface area (Å²) in [5.41, 5.74) is -0.351. The zero-order valence-electron chi connectivity index (χ0n) is 13.5. The molecule has 1 N–H and O–H groups in total. The summed E-state index contributed by atoms with van der Waals surface area (Å²) < 4.78 is 0. The standard InChI is InChI=1S/C19H32O2/c20-18(21)19(13-5-2-6-14-19)17-11-9-16(10-12-17)15-7-3-1-4-8-15/h15-17H,1-14H2,(H,20,21). The molecule has 3 aliphatic rings. The largest absolute Gasteiger partial charge is 0.481 e. The maximum atomic E-state index is 12.0. The van der Waals surface area contributed by atoms with Crippen LogP contribution in [-0.2, 0) is 4.79 Å². The van der Waals surface area contributed by atoms with Gasteiger partial charge in [-0.3, -0.25) is 4.79 Å². The number of carboxylic acid groups (broad SMARTS) is 1. The molecule has 3 fully saturated rings. The molecule has 0 aromatic heterocycles. The molecule has 3 aliphatic carbocycles. The van der Waals surface area contributed by atoms with E-state index < -0.39 is 5.97 Å². The van der Waals surface area contributed by atoms with Crippen molar-refractivity contribution < 1.29 is 9.90 Å². The lowest BCUT2D eigenvalue weighted by molar-refractivity contribution is -0.157. The Bertz CT molecular complexity index is 343. The molecule has 120 valence electrons. The molecule has 0 bridgehead atoms. The van der Waals surface area contributed by atoms with Crippen LogP contribution in [0.2, 0.25) is 0 Å². The molecule has 2 heteroatoms. The van der Waals surface area contributed by atoms with Gasteiger partial charge in [0.05, 0.1) is 5.41 Å². The lowest BCUT2D eigenvalue weighted by Crippen LogP contribution is -2.42. The topological polar surface area (TPSA) is 37.3 Å². The summed E-state index contributed by atoms with van der Waals surface area (Å²) in [6.45, 7) is 0. The van der Waals surface area contributed by atoms with E-state index in [1.807, 2.05) is 0 Å². The number of hydrogen-bond acceptors (Lipinski definition) is 1. The smallest absolute Gasteiger partial charge is 0.309 e. The fourth-order valence-electron chi connectivity index (χ4n) is 5.73. The molecule has 0 saturated heterocycles. The van der Waals surface area contributed by atoms with E-state index in [0.29, 0.717) is 5.92 Å². The van der Waals surface area contributed by atoms with Crippen LogP contribution in [-0.4, -0.2) is 11.1 Å². The van der Waals surface area contributed by atoms with Crippen molar-refractivity contribution in [2.45, 2.75) is 89.9 Å². The lowest BCUT2D eigenvalue weighted by Gasteiger charge is -2.45. The van der Waals surface area contributed by atoms with E-state index in [9.17, 15) is 9.90 Å². The molecule has 3 rings (SSSR count). The van der Waals surface area contributed by atoms with E-state index >= 15 is 0 Å². The van der Waals surface area contributed by atoms with Crippen LogP contribution < -0.4 is 0 Å². The van der Waals surface area contributed by atoms with Gasteiger partial charge in [0.2, 0.25) is 0 Å². The van der Waals surface area contributed by atoms with Gasteiger partial charge in [0.1, 0.15) is 0 Å². The molecule has 2 nitrogen and oxygen atoms in total. The van der Waals surface area contributed by atoms with Gasteiger partial charge in [-0.25, -0.2) is 0 Å². The molecule has 0 atom stereocenters. The highest BCUT2D eigenvalue weighted by molar-refractivity contribution is 5.75. The Morgan fingerprint density at radius 3 is 1.81 bits per heavy atom. The second-order valence-electron chi connectivity index (χ2n) is 8.03. The number of carbonyl (C=O) groups is 1. The van der Waals surface area contributed by atoms with Crippen LogP contribution in [0.4, 0.5) is 0 Å². The van der Waals surface area contributed by atoms with E-state index in [2.05, 4.69) is 0 Å². The number of rotatable bonds is 3. The normalized spacial score (nSPS) is 34.5. The van der Waals surface area contributed by atoms with Crippen LogP contribution in [0, 0.1) is 23.2 Å². The summed E-state index contributed by atoms with van der Waals surface area (Å²) >= 11 is 0. The van der Waals surface area contributed by atoms with Crippen molar-refractivity contribution in [2.75, 3.05) is 0 Å². The zero-order chi connectivity index (χ0) is 14.7. The molecule has 0 unspecified atom stereocenters. The summed E-state index contributed by atoms with van der Waals surface area (Å²) in [4.78, 5) is 12.0. The molecule has 0 spiro atoms. The van der Waals surface area contributed by atoms with Gasteiger partial charge >= 0.3 is 5.97 Å². The van der Waals surface area contributed by atoms with E-state index in [4.69, 9.17) is 0 Å². The Balaban J connectivity index is 1.59. The highest BCUT2D eigenvalue weighted by atomic mass is 16.4. The third kappa shape index (κ3) is 3.14. The predicted molar refractivity (Wildman–Crippen MR) is 85.2 cm³/mol. The van der Waals surface area contributed by atoms with Crippen LogP contribution >= 0.6 is 0 Å². The minimum atomic E-state index is -0.483. The lowest BCUT2D eigenvalue weighted by atomic mass is 9.59. The SMILES string of the molecule is O=C(O)C1(C2CCC(C3CCCCC3)CC2)CCCCC1. The summed E-state index contributed by atoms with van der Waals surface area (Å²) in [7, 11) is 0. The first-order valence-corrected chi connectivity index (χ1v) is 9.46. The first-order chi connectivity index (χ1) is 10.2. The second kappa shape index (κ2) is 6.71. The first-order valence-electron chi connectivity index (χ1n) is 9.46. The fraction of sp³-hybridized carbons (Fsp3) is 0.947. The first kappa shape index (κ1) is 15.4. The Hall–Kier alpha value is -0.530. The van der Waals surface area contributed by atoms with Crippen molar-refractivity contribution in [3.8, 4) is 0 Å². The summed E-state index contributed by atoms with van der Waals surface area (Å²) in [6, 6.07) is 0. The molecule has 0 aromatic rings. The van der Waals surface area contributed by atoms with Crippen LogP contribution in [0.15, 0.2) is 0 Å². The number of hydrogen-bond donors (Lipinski definition) is 1. The molecular weight excluding hydrogens is 260 g/mol. The monoisotopic (exact) mass is 292 g/mol. The molecule has 0 amide bonds. The summed E-state index contributed by atoms with van der Waals surface area (Å²) in [5, 5.41) is 9.86. The highest BCUT2D eigenvalue weighted by Gasteiger charge is 2.47. The zero-order valence-corrected chi connectivity index (χ0v) is 13.5. The number of aliphatic carboxylic acids is 1. The van der Waals surface area contributed by atoms with Crippen LogP contribution in [0.5, 0.6) is 0 Å². The van der Waals surface area contributed by atoms with Crippen molar-refractivity contribution in [1.29, 1.82) is 0 Å². The Morgan fingerprint density at radius 2 is 1.24 bits per heavy atom. The van der Waals surface area contributed by atoms with Gasteiger partial charge in [-0.2, -0.15) is 0 Å². The Morgan fingerprint density at radius 1 is 0.714 bits per heavy atom. The Labute approximate surface area is 129 Å². The molecule has 21 heavy (non-hydrogen) atoms. The quantitative estimate of drug-likeness (QED) is 0.755. The van der Waals surface area contributed by atoms with Crippen LogP contribution in [0.3, 0.4) is 0 Å². The van der Waals surface area contributed by atoms with Crippen LogP contribution in [0.1, 0.15) is 89.9 Å². The van der Waals surface area contributed by atoms with Crippen molar-refractivity contribution in [3.63, 3.8) is 0 Å². The molecule has 0 radical (unpaired) electrons. The fourth-order valence-corrected chi connectivity index (χ4v) is 5.73. The third-order valence-electron chi connectivity index (χ3n) is 7.04. The average Bonchev–Trinajstić information content (AvgIpc) is 2.56. The molecule has 0 heterocycles. The van der Waals surface area contributed by atoms with E-state index in [1.165, 1.54) is 64.2 Å². The van der Waals surface area contributed by atoms with Gasteiger partial charge in [0, 0.05) is 0 Å². The maximum absolute atomic E-state index is 12.0. The molecule has 3 saturated carbocycles. The Kier molecular flexibility index (Phi) is 4.91. The van der Waals surface area contributed by atoms with Gasteiger partial charge in [-0.15, -0.1) is 0 Å². The highest BCUT2D eigenvalue weighted by Crippen LogP contribution is 2.51. The molecule has 0 aromatic carbocycles. The third-order valence-corrected chi connectivity index (χ3v) is 7.04. The summed E-state index contributed by atoms with van der Waals surface area (Å²) in [6.07, 6.45) is 17.6. The minimum Gasteiger partial charge on any atom is -0.481 e. The van der Waals surface area contributed by atoms with Gasteiger partial charge in [-0.1, -0.05) is 51.4 Å². The van der Waals surface area contributed by atoms with Crippen molar-refractivity contribution >= 4 is 5.97 Å². The van der Waals surface area contributed by atoms with Crippen molar-refractivity contribution in [1.82, 2.24) is 0 Å². The van der Waals surface area contributed by atoms with Gasteiger partial charge in [0.15, 0.2) is 0 Å². The van der Waals surface area contributed by atoms with E-state index in [0.717, 1.165) is 37.5 Å². The van der Waals surface area contributed by atoms with E-state index in [1.54, 1.807) is 0 Å². The molecule has 0 aliphatic heterocycles. The maximum Gasteiger partial charge on any atom is 0.309 e. The minimum absolute atomic E-state index is 0.351. The summed E-state index contributed by atoms with van der Waals surface area (Å²) in [5.74, 6) is 1.86. The van der Waals surface area contributed by atoms with Gasteiger partial charge in [-0.05, 0) is 56.3 Å². The number of carboxylic acids is 1. The van der Waals surface area contributed by atoms with E-state index in [-0.39, 0.29) is 5.41 Å². The average molecular weight is 292 g/mol. The van der Waals surface area contributed by atoms with Crippen molar-refractivity contribution in [2.24, 2.45) is 23.2 Å². The second-order valence-corrected chi connectivity index (χ2v) is 8.03. The van der Waals surface area contributed by atoms with Gasteiger partial charge < -0.3 is 5.11 Å². The van der Waals surface area contributed by atoms with Crippen LogP contribution in [0.25, 0.3) is 0 Å². The molecular formula is C19H32O2.